The predicted octanol–water partition coefficient (Wildman–Crippen LogP) is 2.72. The highest BCUT2D eigenvalue weighted by atomic mass is 16.6. The molecule has 5 fully saturated rings. The van der Waals surface area contributed by atoms with Crippen LogP contribution in [0, 0.1) is 34.5 Å². The number of hydrogen-bond acceptors (Lipinski definition) is 5. The topological polar surface area (TPSA) is 103 Å². The van der Waals surface area contributed by atoms with Gasteiger partial charge in [-0.3, -0.25) is 4.79 Å². The summed E-state index contributed by atoms with van der Waals surface area (Å²) in [6, 6.07) is 1.25. The molecule has 30 heavy (non-hydrogen) atoms. The van der Waals surface area contributed by atoms with Crippen molar-refractivity contribution in [2.75, 3.05) is 0 Å². The van der Waals surface area contributed by atoms with E-state index in [1.54, 1.807) is 25.7 Å². The van der Waals surface area contributed by atoms with Gasteiger partial charge in [-0.15, -0.1) is 0 Å². The number of nitrogens with zero attached hydrogens (tertiary/aromatic N) is 2. The summed E-state index contributed by atoms with van der Waals surface area (Å²) >= 11 is 0. The molecular weight excluding hydrogens is 382 g/mol. The van der Waals surface area contributed by atoms with E-state index in [1.807, 2.05) is 0 Å². The summed E-state index contributed by atoms with van der Waals surface area (Å²) in [7, 11) is 0. The van der Waals surface area contributed by atoms with Crippen LogP contribution in [0.2, 0.25) is 0 Å². The van der Waals surface area contributed by atoms with E-state index in [-0.39, 0.29) is 11.9 Å². The van der Waals surface area contributed by atoms with Crippen LogP contribution in [0.25, 0.3) is 0 Å². The Morgan fingerprint density at radius 3 is 2.73 bits per heavy atom. The van der Waals surface area contributed by atoms with Gasteiger partial charge in [0.25, 0.3) is 0 Å². The molecule has 4 aliphatic carbocycles. The SMILES string of the molecule is CC(C)(C)OC(=O)N[C@H](C(=O)N1C2CC2C[C@H]1C#N)C12CCCC(C1)C1CC1(O)C2. The molecule has 0 spiro atoms. The lowest BCUT2D eigenvalue weighted by Gasteiger charge is -2.51. The molecule has 2 bridgehead atoms. The zero-order valence-electron chi connectivity index (χ0n) is 18.2. The summed E-state index contributed by atoms with van der Waals surface area (Å²) in [6.07, 6.45) is 6.19. The van der Waals surface area contributed by atoms with E-state index in [1.165, 1.54) is 0 Å². The molecule has 6 unspecified atom stereocenters. The van der Waals surface area contributed by atoms with Gasteiger partial charge >= 0.3 is 6.09 Å². The number of carbonyl (C=O) groups excluding carboxylic acids is 2. The van der Waals surface area contributed by atoms with Gasteiger partial charge in [0, 0.05) is 11.5 Å². The number of nitriles is 1. The van der Waals surface area contributed by atoms with Gasteiger partial charge in [-0.1, -0.05) is 12.8 Å². The van der Waals surface area contributed by atoms with E-state index in [9.17, 15) is 20.0 Å². The number of rotatable bonds is 3. The highest BCUT2D eigenvalue weighted by molar-refractivity contribution is 5.88. The number of fused-ring (bicyclic) bond motifs is 5. The summed E-state index contributed by atoms with van der Waals surface area (Å²) in [6.45, 7) is 5.41. The molecule has 7 heteroatoms. The molecule has 0 radical (unpaired) electrons. The van der Waals surface area contributed by atoms with Crippen molar-refractivity contribution < 1.29 is 19.4 Å². The summed E-state index contributed by atoms with van der Waals surface area (Å²) in [5, 5.41) is 23.6. The minimum atomic E-state index is -0.754. The van der Waals surface area contributed by atoms with Crippen molar-refractivity contribution in [1.29, 1.82) is 5.26 Å². The van der Waals surface area contributed by atoms with Gasteiger partial charge < -0.3 is 20.1 Å². The average Bonchev–Trinajstić information content (AvgIpc) is 3.52. The molecule has 164 valence electrons. The third kappa shape index (κ3) is 3.19. The third-order valence-electron chi connectivity index (χ3n) is 8.28. The van der Waals surface area contributed by atoms with Crippen LogP contribution >= 0.6 is 0 Å². The van der Waals surface area contributed by atoms with Gasteiger partial charge in [0.05, 0.1) is 11.7 Å². The summed E-state index contributed by atoms with van der Waals surface area (Å²) in [4.78, 5) is 28.4. The Kier molecular flexibility index (Phi) is 4.26. The van der Waals surface area contributed by atoms with Crippen LogP contribution in [-0.4, -0.2) is 51.3 Å². The maximum atomic E-state index is 13.9. The van der Waals surface area contributed by atoms with E-state index >= 15 is 0 Å². The lowest BCUT2D eigenvalue weighted by atomic mass is 9.57. The zero-order chi connectivity index (χ0) is 21.5. The zero-order valence-corrected chi connectivity index (χ0v) is 18.2. The lowest BCUT2D eigenvalue weighted by Crippen LogP contribution is -2.62. The number of hydrogen-bond donors (Lipinski definition) is 2. The fraction of sp³-hybridized carbons (Fsp3) is 0.870. The first-order valence-electron chi connectivity index (χ1n) is 11.5. The van der Waals surface area contributed by atoms with E-state index in [0.29, 0.717) is 24.2 Å². The number of nitrogens with one attached hydrogen (secondary N) is 1. The van der Waals surface area contributed by atoms with Gasteiger partial charge in [-0.05, 0) is 77.0 Å². The van der Waals surface area contributed by atoms with E-state index < -0.39 is 34.8 Å². The van der Waals surface area contributed by atoms with E-state index in [4.69, 9.17) is 4.74 Å². The van der Waals surface area contributed by atoms with Crippen LogP contribution in [0.4, 0.5) is 4.79 Å². The van der Waals surface area contributed by atoms with Crippen LogP contribution < -0.4 is 5.32 Å². The molecule has 0 aromatic carbocycles. The molecule has 8 atom stereocenters. The molecule has 0 aromatic heterocycles. The molecule has 2 amide bonds. The summed E-state index contributed by atoms with van der Waals surface area (Å²) in [5.74, 6) is 1.02. The molecule has 4 saturated carbocycles. The van der Waals surface area contributed by atoms with E-state index in [2.05, 4.69) is 11.4 Å². The summed E-state index contributed by atoms with van der Waals surface area (Å²) in [5.41, 5.74) is -1.83. The van der Waals surface area contributed by atoms with Crippen molar-refractivity contribution in [3.05, 3.63) is 0 Å². The van der Waals surface area contributed by atoms with Crippen LogP contribution in [0.3, 0.4) is 0 Å². The standard InChI is InChI=1S/C23H33N3O4/c1-21(2,3)30-20(28)25-18(19(27)26-15(11-24)7-14-8-17(14)26)22-6-4-5-13(9-22)16-10-23(16,29)12-22/h13-18,29H,4-10,12H2,1-3H3,(H,25,28)/t13?,14?,15-,16?,17?,18+,22?,23?/m0/s1. The second kappa shape index (κ2) is 6.35. The lowest BCUT2D eigenvalue weighted by molar-refractivity contribution is -0.143. The highest BCUT2D eigenvalue weighted by Gasteiger charge is 2.68. The first-order chi connectivity index (χ1) is 14.1. The number of aliphatic hydroxyl groups is 1. The van der Waals surface area contributed by atoms with Crippen molar-refractivity contribution in [3.63, 3.8) is 0 Å². The van der Waals surface area contributed by atoms with Crippen LogP contribution in [0.5, 0.6) is 0 Å². The number of likely N-dealkylation sites (tertiary alicyclic amines) is 1. The Hall–Kier alpha value is -1.81. The molecule has 1 heterocycles. The number of piperidine rings is 1. The Balaban J connectivity index is 1.46. The quantitative estimate of drug-likeness (QED) is 0.738. The van der Waals surface area contributed by atoms with Gasteiger partial charge in [0.15, 0.2) is 0 Å². The normalized spacial score (nSPS) is 44.2. The second-order valence-electron chi connectivity index (χ2n) is 11.6. The Morgan fingerprint density at radius 1 is 1.27 bits per heavy atom. The van der Waals surface area contributed by atoms with Gasteiger partial charge in [0.1, 0.15) is 17.7 Å². The first kappa shape index (κ1) is 20.1. The number of amides is 2. The second-order valence-corrected chi connectivity index (χ2v) is 11.6. The van der Waals surface area contributed by atoms with Crippen molar-refractivity contribution in [3.8, 4) is 6.07 Å². The molecule has 2 N–H and O–H groups in total. The molecule has 5 rings (SSSR count). The molecule has 1 saturated heterocycles. The van der Waals surface area contributed by atoms with Gasteiger partial charge in [-0.25, -0.2) is 4.79 Å². The fourth-order valence-electron chi connectivity index (χ4n) is 6.99. The molecule has 7 nitrogen and oxygen atoms in total. The maximum Gasteiger partial charge on any atom is 0.408 e. The van der Waals surface area contributed by atoms with E-state index in [0.717, 1.165) is 44.9 Å². The molecule has 0 aromatic rings. The van der Waals surface area contributed by atoms with Gasteiger partial charge in [0.2, 0.25) is 5.91 Å². The van der Waals surface area contributed by atoms with Crippen LogP contribution in [0.15, 0.2) is 0 Å². The predicted molar refractivity (Wildman–Crippen MR) is 108 cm³/mol. The minimum absolute atomic E-state index is 0.126. The van der Waals surface area contributed by atoms with Crippen molar-refractivity contribution in [2.45, 2.75) is 101 Å². The highest BCUT2D eigenvalue weighted by Crippen LogP contribution is 2.67. The Bertz CT molecular complexity index is 816. The van der Waals surface area contributed by atoms with Crippen molar-refractivity contribution in [2.24, 2.45) is 23.2 Å². The third-order valence-corrected chi connectivity index (χ3v) is 8.28. The maximum absolute atomic E-state index is 13.9. The molecule has 1 aliphatic heterocycles. The smallest absolute Gasteiger partial charge is 0.408 e. The molecular formula is C23H33N3O4. The van der Waals surface area contributed by atoms with Crippen molar-refractivity contribution >= 4 is 12.0 Å². The minimum Gasteiger partial charge on any atom is -0.444 e. The fourth-order valence-corrected chi connectivity index (χ4v) is 6.99. The number of ether oxygens (including phenoxy) is 1. The number of carbonyl (C=O) groups is 2. The Labute approximate surface area is 178 Å². The Morgan fingerprint density at radius 2 is 2.03 bits per heavy atom. The number of alkyl carbamates (subject to hydrolysis) is 1. The van der Waals surface area contributed by atoms with Gasteiger partial charge in [-0.2, -0.15) is 5.26 Å². The largest absolute Gasteiger partial charge is 0.444 e. The van der Waals surface area contributed by atoms with Crippen LogP contribution in [-0.2, 0) is 9.53 Å². The monoisotopic (exact) mass is 415 g/mol. The average molecular weight is 416 g/mol. The summed E-state index contributed by atoms with van der Waals surface area (Å²) < 4.78 is 5.51. The molecule has 5 aliphatic rings. The van der Waals surface area contributed by atoms with Crippen molar-refractivity contribution in [1.82, 2.24) is 10.2 Å². The first-order valence-corrected chi connectivity index (χ1v) is 11.5. The van der Waals surface area contributed by atoms with Crippen LogP contribution in [0.1, 0.15) is 72.1 Å².